The first-order chi connectivity index (χ1) is 11.7. The van der Waals surface area contributed by atoms with Gasteiger partial charge in [0.05, 0.1) is 17.6 Å². The van der Waals surface area contributed by atoms with Crippen LogP contribution in [-0.4, -0.2) is 69.6 Å². The van der Waals surface area contributed by atoms with Crippen molar-refractivity contribution in [2.75, 3.05) is 32.7 Å². The summed E-state index contributed by atoms with van der Waals surface area (Å²) in [5.41, 5.74) is 0.636. The monoisotopic (exact) mass is 357 g/mol. The first kappa shape index (κ1) is 17.5. The number of pyridine rings is 1. The molecule has 0 radical (unpaired) electrons. The van der Waals surface area contributed by atoms with Gasteiger partial charge >= 0.3 is 11.9 Å². The Hall–Kier alpha value is -2.36. The molecule has 1 aliphatic rings. The SMILES string of the molecule is CC1CN(CC(F)(F)F)CCN(C(=O)c2cnc3[nH]c(=O)[nH]c3c2)C1. The lowest BCUT2D eigenvalue weighted by Crippen LogP contribution is -2.38. The molecule has 0 aliphatic carbocycles. The van der Waals surface area contributed by atoms with Gasteiger partial charge in [-0.3, -0.25) is 14.7 Å². The molecule has 1 fully saturated rings. The Balaban J connectivity index is 1.75. The predicted molar refractivity (Wildman–Crippen MR) is 84.3 cm³/mol. The van der Waals surface area contributed by atoms with Gasteiger partial charge in [-0.1, -0.05) is 6.92 Å². The zero-order chi connectivity index (χ0) is 18.2. The summed E-state index contributed by atoms with van der Waals surface area (Å²) in [5.74, 6) is -0.394. The summed E-state index contributed by atoms with van der Waals surface area (Å²) in [6, 6.07) is 1.52. The van der Waals surface area contributed by atoms with Gasteiger partial charge in [0, 0.05) is 32.4 Å². The molecule has 0 aromatic carbocycles. The van der Waals surface area contributed by atoms with Crippen molar-refractivity contribution in [3.8, 4) is 0 Å². The fraction of sp³-hybridized carbons (Fsp3) is 0.533. The van der Waals surface area contributed by atoms with E-state index in [9.17, 15) is 22.8 Å². The molecule has 1 unspecified atom stereocenters. The molecule has 10 heteroatoms. The molecule has 0 bridgehead atoms. The molecule has 25 heavy (non-hydrogen) atoms. The summed E-state index contributed by atoms with van der Waals surface area (Å²) in [6.07, 6.45) is -2.90. The number of carbonyl (C=O) groups excluding carboxylic acids is 1. The van der Waals surface area contributed by atoms with Crippen molar-refractivity contribution in [1.29, 1.82) is 0 Å². The largest absolute Gasteiger partial charge is 0.401 e. The van der Waals surface area contributed by atoms with E-state index in [1.54, 1.807) is 0 Å². The van der Waals surface area contributed by atoms with Gasteiger partial charge in [0.2, 0.25) is 0 Å². The molecular formula is C15H18F3N5O2. The normalized spacial score (nSPS) is 20.0. The van der Waals surface area contributed by atoms with Crippen LogP contribution in [0.1, 0.15) is 17.3 Å². The smallest absolute Gasteiger partial charge is 0.337 e. The van der Waals surface area contributed by atoms with E-state index in [1.165, 1.54) is 22.1 Å². The topological polar surface area (TPSA) is 85.1 Å². The third-order valence-electron chi connectivity index (χ3n) is 4.09. The van der Waals surface area contributed by atoms with E-state index in [2.05, 4.69) is 15.0 Å². The van der Waals surface area contributed by atoms with Crippen molar-refractivity contribution in [3.05, 3.63) is 28.3 Å². The number of nitrogens with one attached hydrogen (secondary N) is 2. The van der Waals surface area contributed by atoms with Gasteiger partial charge in [0.1, 0.15) is 0 Å². The van der Waals surface area contributed by atoms with Gasteiger partial charge in [-0.25, -0.2) is 9.78 Å². The van der Waals surface area contributed by atoms with Crippen LogP contribution in [0.4, 0.5) is 13.2 Å². The molecule has 1 amide bonds. The van der Waals surface area contributed by atoms with Crippen molar-refractivity contribution in [2.24, 2.45) is 5.92 Å². The third kappa shape index (κ3) is 4.19. The first-order valence-corrected chi connectivity index (χ1v) is 7.88. The van der Waals surface area contributed by atoms with Crippen LogP contribution in [-0.2, 0) is 0 Å². The van der Waals surface area contributed by atoms with Gasteiger partial charge in [-0.05, 0) is 12.0 Å². The summed E-state index contributed by atoms with van der Waals surface area (Å²) >= 11 is 0. The summed E-state index contributed by atoms with van der Waals surface area (Å²) in [5, 5.41) is 0. The van der Waals surface area contributed by atoms with Crippen LogP contribution in [0.5, 0.6) is 0 Å². The molecule has 3 heterocycles. The lowest BCUT2D eigenvalue weighted by Gasteiger charge is -2.22. The summed E-state index contributed by atoms with van der Waals surface area (Å²) in [7, 11) is 0. The number of aromatic nitrogens is 3. The second-order valence-electron chi connectivity index (χ2n) is 6.41. The molecule has 2 aromatic rings. The minimum atomic E-state index is -4.26. The number of nitrogens with zero attached hydrogens (tertiary/aromatic N) is 3. The van der Waals surface area contributed by atoms with E-state index < -0.39 is 18.4 Å². The van der Waals surface area contributed by atoms with Gasteiger partial charge < -0.3 is 9.88 Å². The Labute approximate surface area is 140 Å². The number of carbonyl (C=O) groups is 1. The molecule has 1 atom stereocenters. The summed E-state index contributed by atoms with van der Waals surface area (Å²) in [4.78, 5) is 35.9. The van der Waals surface area contributed by atoms with Crippen molar-refractivity contribution >= 4 is 17.1 Å². The highest BCUT2D eigenvalue weighted by molar-refractivity contribution is 5.96. The lowest BCUT2D eigenvalue weighted by molar-refractivity contribution is -0.146. The number of hydrogen-bond acceptors (Lipinski definition) is 4. The lowest BCUT2D eigenvalue weighted by atomic mass is 10.1. The number of H-pyrrole nitrogens is 2. The first-order valence-electron chi connectivity index (χ1n) is 7.88. The van der Waals surface area contributed by atoms with Gasteiger partial charge in [-0.2, -0.15) is 13.2 Å². The van der Waals surface area contributed by atoms with Crippen LogP contribution in [0.25, 0.3) is 11.2 Å². The molecular weight excluding hydrogens is 339 g/mol. The van der Waals surface area contributed by atoms with Gasteiger partial charge in [0.15, 0.2) is 5.65 Å². The van der Waals surface area contributed by atoms with Crippen molar-refractivity contribution < 1.29 is 18.0 Å². The fourth-order valence-electron chi connectivity index (χ4n) is 3.12. The van der Waals surface area contributed by atoms with E-state index in [0.29, 0.717) is 23.3 Å². The molecule has 0 saturated carbocycles. The Morgan fingerprint density at radius 3 is 2.80 bits per heavy atom. The Kier molecular flexibility index (Phi) is 4.55. The minimum Gasteiger partial charge on any atom is -0.337 e. The van der Waals surface area contributed by atoms with Crippen LogP contribution >= 0.6 is 0 Å². The van der Waals surface area contributed by atoms with Crippen LogP contribution in [0.15, 0.2) is 17.1 Å². The number of amides is 1. The third-order valence-corrected chi connectivity index (χ3v) is 4.09. The number of imidazole rings is 1. The number of fused-ring (bicyclic) bond motifs is 1. The van der Waals surface area contributed by atoms with Crippen LogP contribution in [0, 0.1) is 5.92 Å². The second-order valence-corrected chi connectivity index (χ2v) is 6.41. The fourth-order valence-corrected chi connectivity index (χ4v) is 3.12. The van der Waals surface area contributed by atoms with Crippen LogP contribution in [0.2, 0.25) is 0 Å². The Bertz CT molecular complexity index is 828. The van der Waals surface area contributed by atoms with Crippen molar-refractivity contribution in [1.82, 2.24) is 24.8 Å². The molecule has 1 aliphatic heterocycles. The van der Waals surface area contributed by atoms with Crippen LogP contribution < -0.4 is 5.69 Å². The molecule has 136 valence electrons. The van der Waals surface area contributed by atoms with E-state index in [1.807, 2.05) is 6.92 Å². The summed E-state index contributed by atoms with van der Waals surface area (Å²) in [6.45, 7) is 1.87. The maximum atomic E-state index is 12.7. The molecule has 1 saturated heterocycles. The number of alkyl halides is 3. The van der Waals surface area contributed by atoms with Crippen molar-refractivity contribution in [3.63, 3.8) is 0 Å². The standard InChI is InChI=1S/C15H18F3N5O2/c1-9-6-22(8-15(16,17)18)2-3-23(7-9)13(24)10-4-11-12(19-5-10)21-14(25)20-11/h4-5,9H,2-3,6-8H2,1H3,(H2,19,20,21,25). The van der Waals surface area contributed by atoms with Gasteiger partial charge in [0.25, 0.3) is 5.91 Å². The average Bonchev–Trinajstić information content (AvgIpc) is 2.77. The highest BCUT2D eigenvalue weighted by Crippen LogP contribution is 2.20. The van der Waals surface area contributed by atoms with E-state index in [4.69, 9.17) is 0 Å². The Morgan fingerprint density at radius 1 is 1.32 bits per heavy atom. The van der Waals surface area contributed by atoms with E-state index >= 15 is 0 Å². The average molecular weight is 357 g/mol. The zero-order valence-corrected chi connectivity index (χ0v) is 13.6. The molecule has 7 nitrogen and oxygen atoms in total. The molecule has 2 aromatic heterocycles. The minimum absolute atomic E-state index is 0.0856. The van der Waals surface area contributed by atoms with Crippen molar-refractivity contribution in [2.45, 2.75) is 13.1 Å². The number of rotatable bonds is 2. The number of aromatic amines is 2. The van der Waals surface area contributed by atoms with Crippen LogP contribution in [0.3, 0.4) is 0 Å². The number of hydrogen-bond donors (Lipinski definition) is 2. The van der Waals surface area contributed by atoms with Gasteiger partial charge in [-0.15, -0.1) is 0 Å². The Morgan fingerprint density at radius 2 is 2.08 bits per heavy atom. The van der Waals surface area contributed by atoms with E-state index in [-0.39, 0.29) is 31.5 Å². The second kappa shape index (κ2) is 6.51. The molecule has 3 rings (SSSR count). The molecule has 0 spiro atoms. The highest BCUT2D eigenvalue weighted by atomic mass is 19.4. The predicted octanol–water partition coefficient (Wildman–Crippen LogP) is 1.21. The summed E-state index contributed by atoms with van der Waals surface area (Å²) < 4.78 is 37.8. The quantitative estimate of drug-likeness (QED) is 0.846. The van der Waals surface area contributed by atoms with E-state index in [0.717, 1.165) is 0 Å². The highest BCUT2D eigenvalue weighted by Gasteiger charge is 2.33. The zero-order valence-electron chi connectivity index (χ0n) is 13.6. The maximum absolute atomic E-state index is 12.7. The maximum Gasteiger partial charge on any atom is 0.401 e. The molecule has 2 N–H and O–H groups in total. The number of halogens is 3.